The zero-order valence-corrected chi connectivity index (χ0v) is 21.6. The molecule has 0 fully saturated rings. The van der Waals surface area contributed by atoms with E-state index in [1.54, 1.807) is 30.3 Å². The molecule has 194 valence electrons. The summed E-state index contributed by atoms with van der Waals surface area (Å²) in [5.74, 6) is 1.13. The van der Waals surface area contributed by atoms with E-state index in [0.29, 0.717) is 47.1 Å². The number of benzene rings is 3. The number of anilines is 1. The molecule has 7 heteroatoms. The highest BCUT2D eigenvalue weighted by atomic mass is 16.5. The molecule has 6 rings (SSSR count). The summed E-state index contributed by atoms with van der Waals surface area (Å²) in [4.78, 5) is 33.8. The van der Waals surface area contributed by atoms with Crippen LogP contribution in [0.4, 0.5) is 5.82 Å². The minimum atomic E-state index is -0.759. The number of carbonyl (C=O) groups excluding carboxylic acids is 1. The number of hydrogen-bond acceptors (Lipinski definition) is 6. The Balaban J connectivity index is 1.50. The second-order valence-electron chi connectivity index (χ2n) is 9.30. The minimum Gasteiger partial charge on any atom is -0.490 e. The van der Waals surface area contributed by atoms with Gasteiger partial charge in [-0.2, -0.15) is 0 Å². The normalized spacial score (nSPS) is 14.5. The Hall–Kier alpha value is -4.91. The van der Waals surface area contributed by atoms with Gasteiger partial charge in [-0.1, -0.05) is 54.6 Å². The van der Waals surface area contributed by atoms with Gasteiger partial charge in [-0.15, -0.1) is 0 Å². The average molecular weight is 519 g/mol. The quantitative estimate of drug-likeness (QED) is 0.254. The number of para-hydroxylation sites is 1. The molecule has 5 aromatic rings. The predicted molar refractivity (Wildman–Crippen MR) is 148 cm³/mol. The molecule has 0 N–H and O–H groups in total. The van der Waals surface area contributed by atoms with Crippen LogP contribution in [0.5, 0.6) is 11.5 Å². The number of nitrogens with zero attached hydrogens (tertiary/aromatic N) is 2. The molecule has 1 aliphatic rings. The van der Waals surface area contributed by atoms with E-state index in [0.717, 1.165) is 11.3 Å². The van der Waals surface area contributed by atoms with Crippen LogP contribution < -0.4 is 19.8 Å². The van der Waals surface area contributed by atoms with Gasteiger partial charge in [0.05, 0.1) is 23.6 Å². The van der Waals surface area contributed by atoms with E-state index in [1.807, 2.05) is 74.5 Å². The molecule has 1 atom stereocenters. The fourth-order valence-electron chi connectivity index (χ4n) is 4.95. The molecule has 0 spiro atoms. The number of aryl methyl sites for hydroxylation is 1. The maximum absolute atomic E-state index is 13.8. The molecule has 1 aliphatic heterocycles. The lowest BCUT2D eigenvalue weighted by atomic mass is 9.98. The van der Waals surface area contributed by atoms with Crippen LogP contribution in [0.15, 0.2) is 100 Å². The van der Waals surface area contributed by atoms with Crippen molar-refractivity contribution in [3.05, 3.63) is 129 Å². The van der Waals surface area contributed by atoms with E-state index in [2.05, 4.69) is 4.98 Å². The van der Waals surface area contributed by atoms with Crippen LogP contribution in [0, 0.1) is 6.92 Å². The van der Waals surface area contributed by atoms with Crippen LogP contribution in [0.2, 0.25) is 0 Å². The standard InChI is InChI=1S/C32H26N2O5/c1-3-37-26-18-22(16-17-25(26)38-19-21-11-5-4-6-12-21)29-28-30(35)23-13-7-8-14-24(23)39-31(28)32(36)34(29)27-15-9-10-20(2)33-27/h4-18,29H,3,19H2,1-2H3. The fraction of sp³-hybridized carbons (Fsp3) is 0.156. The van der Waals surface area contributed by atoms with E-state index >= 15 is 0 Å². The van der Waals surface area contributed by atoms with E-state index < -0.39 is 11.9 Å². The van der Waals surface area contributed by atoms with Gasteiger partial charge < -0.3 is 13.9 Å². The highest BCUT2D eigenvalue weighted by molar-refractivity contribution is 6.10. The number of pyridine rings is 1. The van der Waals surface area contributed by atoms with Crippen molar-refractivity contribution in [3.8, 4) is 11.5 Å². The van der Waals surface area contributed by atoms with Crippen molar-refractivity contribution >= 4 is 22.7 Å². The number of aromatic nitrogens is 1. The van der Waals surface area contributed by atoms with Crippen molar-refractivity contribution < 1.29 is 18.7 Å². The number of amides is 1. The summed E-state index contributed by atoms with van der Waals surface area (Å²) in [5.41, 5.74) is 2.86. The van der Waals surface area contributed by atoms with Gasteiger partial charge in [0.2, 0.25) is 5.76 Å². The summed E-state index contributed by atoms with van der Waals surface area (Å²) in [7, 11) is 0. The molecule has 0 saturated heterocycles. The maximum atomic E-state index is 13.8. The predicted octanol–water partition coefficient (Wildman–Crippen LogP) is 6.22. The van der Waals surface area contributed by atoms with Gasteiger partial charge in [0.25, 0.3) is 5.91 Å². The molecule has 0 bridgehead atoms. The molecule has 39 heavy (non-hydrogen) atoms. The number of hydrogen-bond donors (Lipinski definition) is 0. The minimum absolute atomic E-state index is 0.0226. The summed E-state index contributed by atoms with van der Waals surface area (Å²) < 4.78 is 18.1. The maximum Gasteiger partial charge on any atom is 0.296 e. The van der Waals surface area contributed by atoms with E-state index in [1.165, 1.54) is 4.90 Å². The topological polar surface area (TPSA) is 81.9 Å². The average Bonchev–Trinajstić information content (AvgIpc) is 3.25. The van der Waals surface area contributed by atoms with Gasteiger partial charge in [-0.25, -0.2) is 4.98 Å². The Kier molecular flexibility index (Phi) is 6.32. The zero-order valence-electron chi connectivity index (χ0n) is 21.6. The van der Waals surface area contributed by atoms with Crippen LogP contribution in [-0.4, -0.2) is 17.5 Å². The van der Waals surface area contributed by atoms with Gasteiger partial charge >= 0.3 is 0 Å². The van der Waals surface area contributed by atoms with Crippen molar-refractivity contribution in [1.82, 2.24) is 4.98 Å². The van der Waals surface area contributed by atoms with Crippen LogP contribution in [-0.2, 0) is 6.61 Å². The molecule has 3 aromatic carbocycles. The number of ether oxygens (including phenoxy) is 2. The van der Waals surface area contributed by atoms with Crippen LogP contribution in [0.3, 0.4) is 0 Å². The summed E-state index contributed by atoms with van der Waals surface area (Å²) >= 11 is 0. The molecule has 0 radical (unpaired) electrons. The Labute approximate surface area is 225 Å². The first-order chi connectivity index (χ1) is 19.0. The molecule has 0 saturated carbocycles. The number of carbonyl (C=O) groups is 1. The number of rotatable bonds is 7. The summed E-state index contributed by atoms with van der Waals surface area (Å²) in [6.45, 7) is 4.54. The zero-order chi connectivity index (χ0) is 26.9. The Bertz CT molecular complexity index is 1750. The molecular weight excluding hydrogens is 492 g/mol. The lowest BCUT2D eigenvalue weighted by Crippen LogP contribution is -2.30. The molecule has 3 heterocycles. The lowest BCUT2D eigenvalue weighted by Gasteiger charge is -2.25. The van der Waals surface area contributed by atoms with Gasteiger partial charge in [-0.3, -0.25) is 14.5 Å². The van der Waals surface area contributed by atoms with Crippen molar-refractivity contribution in [2.75, 3.05) is 11.5 Å². The lowest BCUT2D eigenvalue weighted by molar-refractivity contribution is 0.0970. The molecule has 0 aliphatic carbocycles. The first-order valence-corrected chi connectivity index (χ1v) is 12.8. The Morgan fingerprint density at radius 1 is 0.872 bits per heavy atom. The van der Waals surface area contributed by atoms with Gasteiger partial charge in [0.15, 0.2) is 16.9 Å². The van der Waals surface area contributed by atoms with Crippen molar-refractivity contribution in [3.63, 3.8) is 0 Å². The van der Waals surface area contributed by atoms with E-state index in [-0.39, 0.29) is 16.8 Å². The van der Waals surface area contributed by atoms with Crippen molar-refractivity contribution in [2.24, 2.45) is 0 Å². The SMILES string of the molecule is CCOc1cc(C2c3c(oc4ccccc4c3=O)C(=O)N2c2cccc(C)n2)ccc1OCc1ccccc1. The molecule has 1 amide bonds. The number of fused-ring (bicyclic) bond motifs is 2. The molecule has 7 nitrogen and oxygen atoms in total. The largest absolute Gasteiger partial charge is 0.490 e. The van der Waals surface area contributed by atoms with Crippen LogP contribution >= 0.6 is 0 Å². The Morgan fingerprint density at radius 2 is 1.67 bits per heavy atom. The summed E-state index contributed by atoms with van der Waals surface area (Å²) in [6, 6.07) is 27.0. The monoisotopic (exact) mass is 518 g/mol. The first-order valence-electron chi connectivity index (χ1n) is 12.8. The smallest absolute Gasteiger partial charge is 0.296 e. The molecule has 2 aromatic heterocycles. The summed E-state index contributed by atoms with van der Waals surface area (Å²) in [6.07, 6.45) is 0. The fourth-order valence-corrected chi connectivity index (χ4v) is 4.95. The third-order valence-electron chi connectivity index (χ3n) is 6.72. The van der Waals surface area contributed by atoms with Crippen LogP contribution in [0.25, 0.3) is 11.0 Å². The first kappa shape index (κ1) is 24.4. The van der Waals surface area contributed by atoms with E-state index in [9.17, 15) is 9.59 Å². The highest BCUT2D eigenvalue weighted by Crippen LogP contribution is 2.43. The van der Waals surface area contributed by atoms with Gasteiger partial charge in [0, 0.05) is 5.69 Å². The van der Waals surface area contributed by atoms with Crippen LogP contribution in [0.1, 0.15) is 45.9 Å². The summed E-state index contributed by atoms with van der Waals surface area (Å²) in [5, 5.41) is 0.418. The van der Waals surface area contributed by atoms with Gasteiger partial charge in [0.1, 0.15) is 18.0 Å². The van der Waals surface area contributed by atoms with Crippen molar-refractivity contribution in [1.29, 1.82) is 0 Å². The van der Waals surface area contributed by atoms with Gasteiger partial charge in [-0.05, 0) is 61.4 Å². The Morgan fingerprint density at radius 3 is 2.46 bits per heavy atom. The second-order valence-corrected chi connectivity index (χ2v) is 9.30. The van der Waals surface area contributed by atoms with E-state index in [4.69, 9.17) is 13.9 Å². The molecular formula is C32H26N2O5. The third-order valence-corrected chi connectivity index (χ3v) is 6.72. The molecule has 1 unspecified atom stereocenters. The van der Waals surface area contributed by atoms with Crippen molar-refractivity contribution in [2.45, 2.75) is 26.5 Å². The highest BCUT2D eigenvalue weighted by Gasteiger charge is 2.44. The second kappa shape index (κ2) is 10.1. The third kappa shape index (κ3) is 4.42.